The summed E-state index contributed by atoms with van der Waals surface area (Å²) in [4.78, 5) is 24.2. The van der Waals surface area contributed by atoms with E-state index >= 15 is 0 Å². The topological polar surface area (TPSA) is 75.4 Å². The number of rotatable bonds is 4. The molecule has 2 amide bonds. The van der Waals surface area contributed by atoms with E-state index in [1.54, 1.807) is 11.9 Å². The third-order valence-electron chi connectivity index (χ3n) is 2.37. The predicted octanol–water partition coefficient (Wildman–Crippen LogP) is -0.928. The molecule has 0 unspecified atom stereocenters. The van der Waals surface area contributed by atoms with Crippen molar-refractivity contribution in [2.45, 2.75) is 25.3 Å². The summed E-state index contributed by atoms with van der Waals surface area (Å²) in [7, 11) is 1.74. The van der Waals surface area contributed by atoms with E-state index in [0.717, 1.165) is 6.42 Å². The Morgan fingerprint density at radius 3 is 2.93 bits per heavy atom. The summed E-state index contributed by atoms with van der Waals surface area (Å²) in [5.74, 6) is -0.0418. The molecule has 0 aliphatic carbocycles. The number of hydrogen-bond acceptors (Lipinski definition) is 3. The first-order chi connectivity index (χ1) is 6.65. The molecule has 80 valence electrons. The van der Waals surface area contributed by atoms with Gasteiger partial charge in [0.2, 0.25) is 11.8 Å². The highest BCUT2D eigenvalue weighted by molar-refractivity contribution is 5.90. The molecule has 5 nitrogen and oxygen atoms in total. The minimum Gasteiger partial charge on any atom is -0.344 e. The van der Waals surface area contributed by atoms with Gasteiger partial charge in [0.05, 0.1) is 0 Å². The average Bonchev–Trinajstić information content (AvgIpc) is 2.60. The van der Waals surface area contributed by atoms with Gasteiger partial charge in [-0.1, -0.05) is 0 Å². The Balaban J connectivity index is 2.36. The quantitative estimate of drug-likeness (QED) is 0.614. The zero-order valence-electron chi connectivity index (χ0n) is 8.45. The van der Waals surface area contributed by atoms with Crippen molar-refractivity contribution in [2.75, 3.05) is 20.1 Å². The highest BCUT2D eigenvalue weighted by Gasteiger charge is 2.28. The standard InChI is InChI=1S/C9H17N3O2/c1-12(6-2-5-10)9(14)7-3-4-8(13)11-7/h7H,2-6,10H2,1H3,(H,11,13)/t7-/m1/s1. The van der Waals surface area contributed by atoms with Gasteiger partial charge in [-0.05, 0) is 19.4 Å². The number of carbonyl (C=O) groups is 2. The van der Waals surface area contributed by atoms with Crippen molar-refractivity contribution in [3.63, 3.8) is 0 Å². The second kappa shape index (κ2) is 4.95. The molecule has 1 aliphatic rings. The lowest BCUT2D eigenvalue weighted by atomic mass is 10.2. The van der Waals surface area contributed by atoms with Gasteiger partial charge in [0.1, 0.15) is 6.04 Å². The van der Waals surface area contributed by atoms with Gasteiger partial charge < -0.3 is 16.0 Å². The predicted molar refractivity (Wildman–Crippen MR) is 52.5 cm³/mol. The molecule has 1 rings (SSSR count). The number of likely N-dealkylation sites (N-methyl/N-ethyl adjacent to an activating group) is 1. The molecule has 0 aromatic heterocycles. The van der Waals surface area contributed by atoms with Crippen LogP contribution in [0.1, 0.15) is 19.3 Å². The summed E-state index contributed by atoms with van der Waals surface area (Å²) in [6.45, 7) is 1.23. The number of hydrogen-bond donors (Lipinski definition) is 2. The Hall–Kier alpha value is -1.10. The van der Waals surface area contributed by atoms with Crippen LogP contribution >= 0.6 is 0 Å². The van der Waals surface area contributed by atoms with Crippen molar-refractivity contribution in [3.05, 3.63) is 0 Å². The Kier molecular flexibility index (Phi) is 3.88. The average molecular weight is 199 g/mol. The Bertz CT molecular complexity index is 230. The van der Waals surface area contributed by atoms with Crippen LogP contribution in [0, 0.1) is 0 Å². The fourth-order valence-electron chi connectivity index (χ4n) is 1.50. The largest absolute Gasteiger partial charge is 0.344 e. The van der Waals surface area contributed by atoms with Crippen LogP contribution in [0.5, 0.6) is 0 Å². The Morgan fingerprint density at radius 2 is 2.43 bits per heavy atom. The van der Waals surface area contributed by atoms with Crippen LogP contribution in [0.4, 0.5) is 0 Å². The second-order valence-electron chi connectivity index (χ2n) is 3.56. The highest BCUT2D eigenvalue weighted by Crippen LogP contribution is 2.08. The minimum atomic E-state index is -0.315. The zero-order chi connectivity index (χ0) is 10.6. The van der Waals surface area contributed by atoms with Crippen molar-refractivity contribution in [1.29, 1.82) is 0 Å². The van der Waals surface area contributed by atoms with E-state index in [4.69, 9.17) is 5.73 Å². The fraction of sp³-hybridized carbons (Fsp3) is 0.778. The Labute approximate surface area is 83.6 Å². The molecule has 5 heteroatoms. The number of nitrogens with zero attached hydrogens (tertiary/aromatic N) is 1. The molecule has 1 saturated heterocycles. The smallest absolute Gasteiger partial charge is 0.244 e. The summed E-state index contributed by atoms with van der Waals surface area (Å²) in [5.41, 5.74) is 5.34. The fourth-order valence-corrected chi connectivity index (χ4v) is 1.50. The summed E-state index contributed by atoms with van der Waals surface area (Å²) in [6.07, 6.45) is 1.87. The van der Waals surface area contributed by atoms with Crippen LogP contribution in [0.25, 0.3) is 0 Å². The molecule has 1 atom stereocenters. The summed E-state index contributed by atoms with van der Waals surface area (Å²) in [5, 5.41) is 2.65. The number of carbonyl (C=O) groups excluding carboxylic acids is 2. The number of nitrogens with two attached hydrogens (primary N) is 1. The van der Waals surface area contributed by atoms with Crippen molar-refractivity contribution >= 4 is 11.8 Å². The van der Waals surface area contributed by atoms with Crippen molar-refractivity contribution in [3.8, 4) is 0 Å². The third-order valence-corrected chi connectivity index (χ3v) is 2.37. The lowest BCUT2D eigenvalue weighted by Gasteiger charge is -2.20. The van der Waals surface area contributed by atoms with Crippen LogP contribution in [0.15, 0.2) is 0 Å². The lowest BCUT2D eigenvalue weighted by molar-refractivity contribution is -0.133. The number of nitrogens with one attached hydrogen (secondary N) is 1. The van der Waals surface area contributed by atoms with Crippen LogP contribution < -0.4 is 11.1 Å². The maximum atomic E-state index is 11.7. The van der Waals surface area contributed by atoms with Gasteiger partial charge in [-0.2, -0.15) is 0 Å². The minimum absolute atomic E-state index is 0.00991. The van der Waals surface area contributed by atoms with E-state index < -0.39 is 0 Å². The van der Waals surface area contributed by atoms with Gasteiger partial charge in [0.15, 0.2) is 0 Å². The molecular weight excluding hydrogens is 182 g/mol. The SMILES string of the molecule is CN(CCCN)C(=O)[C@H]1CCC(=O)N1. The first-order valence-electron chi connectivity index (χ1n) is 4.89. The molecule has 14 heavy (non-hydrogen) atoms. The first-order valence-corrected chi connectivity index (χ1v) is 4.89. The molecule has 3 N–H and O–H groups in total. The second-order valence-corrected chi connectivity index (χ2v) is 3.56. The lowest BCUT2D eigenvalue weighted by Crippen LogP contribution is -2.43. The van der Waals surface area contributed by atoms with Gasteiger partial charge >= 0.3 is 0 Å². The van der Waals surface area contributed by atoms with E-state index in [-0.39, 0.29) is 17.9 Å². The summed E-state index contributed by atoms with van der Waals surface area (Å²) in [6, 6.07) is -0.315. The van der Waals surface area contributed by atoms with Gasteiger partial charge in [0.25, 0.3) is 0 Å². The molecule has 0 saturated carbocycles. The van der Waals surface area contributed by atoms with Gasteiger partial charge in [-0.15, -0.1) is 0 Å². The molecule has 1 heterocycles. The van der Waals surface area contributed by atoms with Crippen molar-refractivity contribution < 1.29 is 9.59 Å². The zero-order valence-corrected chi connectivity index (χ0v) is 8.45. The Morgan fingerprint density at radius 1 is 1.71 bits per heavy atom. The van der Waals surface area contributed by atoms with E-state index in [0.29, 0.717) is 25.9 Å². The maximum Gasteiger partial charge on any atom is 0.244 e. The van der Waals surface area contributed by atoms with E-state index in [1.807, 2.05) is 0 Å². The van der Waals surface area contributed by atoms with Crippen LogP contribution in [0.2, 0.25) is 0 Å². The normalized spacial score (nSPS) is 20.7. The molecule has 0 spiro atoms. The van der Waals surface area contributed by atoms with Gasteiger partial charge in [-0.3, -0.25) is 9.59 Å². The first kappa shape index (κ1) is 11.0. The van der Waals surface area contributed by atoms with Gasteiger partial charge in [-0.25, -0.2) is 0 Å². The summed E-state index contributed by atoms with van der Waals surface area (Å²) >= 11 is 0. The van der Waals surface area contributed by atoms with Crippen LogP contribution in [-0.4, -0.2) is 42.9 Å². The molecule has 0 bridgehead atoms. The van der Waals surface area contributed by atoms with Crippen LogP contribution in [0.3, 0.4) is 0 Å². The monoisotopic (exact) mass is 199 g/mol. The van der Waals surface area contributed by atoms with E-state index in [2.05, 4.69) is 5.32 Å². The van der Waals surface area contributed by atoms with E-state index in [9.17, 15) is 9.59 Å². The van der Waals surface area contributed by atoms with E-state index in [1.165, 1.54) is 0 Å². The van der Waals surface area contributed by atoms with Gasteiger partial charge in [0, 0.05) is 20.0 Å². The molecule has 0 aromatic rings. The molecular formula is C9H17N3O2. The van der Waals surface area contributed by atoms with Crippen LogP contribution in [-0.2, 0) is 9.59 Å². The number of amides is 2. The molecule has 0 radical (unpaired) electrons. The van der Waals surface area contributed by atoms with Crippen molar-refractivity contribution in [1.82, 2.24) is 10.2 Å². The molecule has 0 aromatic carbocycles. The maximum absolute atomic E-state index is 11.7. The molecule has 1 aliphatic heterocycles. The summed E-state index contributed by atoms with van der Waals surface area (Å²) < 4.78 is 0. The molecule has 1 fully saturated rings. The third kappa shape index (κ3) is 2.70. The van der Waals surface area contributed by atoms with Crippen molar-refractivity contribution in [2.24, 2.45) is 5.73 Å². The highest BCUT2D eigenvalue weighted by atomic mass is 16.2.